The Labute approximate surface area is 151 Å². The quantitative estimate of drug-likeness (QED) is 0.550. The summed E-state index contributed by atoms with van der Waals surface area (Å²) in [5.74, 6) is 0.302. The molecule has 4 rings (SSSR count). The van der Waals surface area contributed by atoms with Crippen molar-refractivity contribution in [2.45, 2.75) is 6.92 Å². The van der Waals surface area contributed by atoms with Crippen LogP contribution >= 0.6 is 0 Å². The molecule has 0 unspecified atom stereocenters. The lowest BCUT2D eigenvalue weighted by molar-refractivity contribution is 0.261. The van der Waals surface area contributed by atoms with E-state index in [-0.39, 0.29) is 5.82 Å². The first kappa shape index (κ1) is 16.8. The first-order valence-electron chi connectivity index (χ1n) is 8.70. The highest BCUT2D eigenvalue weighted by molar-refractivity contribution is 6.14. The molecule has 0 saturated heterocycles. The van der Waals surface area contributed by atoms with Gasteiger partial charge in [-0.15, -0.1) is 0 Å². The van der Waals surface area contributed by atoms with Crippen molar-refractivity contribution in [3.63, 3.8) is 0 Å². The second-order valence-electron chi connectivity index (χ2n) is 7.01. The number of nitrogens with zero attached hydrogens (tertiary/aromatic N) is 3. The number of hydrogen-bond acceptors (Lipinski definition) is 3. The summed E-state index contributed by atoms with van der Waals surface area (Å²) in [6, 6.07) is 7.52. The molecule has 2 heterocycles. The van der Waals surface area contributed by atoms with Gasteiger partial charge in [-0.25, -0.2) is 4.39 Å². The molecular formula is C21H22FN3O. The van der Waals surface area contributed by atoms with Crippen molar-refractivity contribution in [3.8, 4) is 5.75 Å². The highest BCUT2D eigenvalue weighted by atomic mass is 19.1. The van der Waals surface area contributed by atoms with Crippen LogP contribution in [0.5, 0.6) is 5.75 Å². The van der Waals surface area contributed by atoms with Crippen molar-refractivity contribution in [1.82, 2.24) is 14.5 Å². The van der Waals surface area contributed by atoms with Crippen molar-refractivity contribution < 1.29 is 9.13 Å². The summed E-state index contributed by atoms with van der Waals surface area (Å²) in [4.78, 5) is 6.27. The molecular weight excluding hydrogens is 329 g/mol. The van der Waals surface area contributed by atoms with Crippen LogP contribution in [0.25, 0.3) is 32.6 Å². The molecule has 4 aromatic rings. The molecule has 0 aliphatic carbocycles. The summed E-state index contributed by atoms with van der Waals surface area (Å²) < 4.78 is 22.6. The third-order valence-corrected chi connectivity index (χ3v) is 4.97. The Bertz CT molecular complexity index is 1130. The lowest BCUT2D eigenvalue weighted by atomic mass is 10.0. The zero-order valence-corrected chi connectivity index (χ0v) is 15.5. The molecule has 5 heteroatoms. The topological polar surface area (TPSA) is 30.3 Å². The van der Waals surface area contributed by atoms with Crippen LogP contribution in [-0.2, 0) is 7.05 Å². The molecule has 26 heavy (non-hydrogen) atoms. The molecule has 0 bridgehead atoms. The molecule has 0 fully saturated rings. The average Bonchev–Trinajstić information content (AvgIpc) is 2.88. The molecule has 2 aromatic carbocycles. The van der Waals surface area contributed by atoms with Crippen molar-refractivity contribution in [3.05, 3.63) is 48.0 Å². The first-order valence-corrected chi connectivity index (χ1v) is 8.70. The number of halogens is 1. The number of likely N-dealkylation sites (N-methyl/N-ethyl adjacent to an activating group) is 1. The van der Waals surface area contributed by atoms with Crippen molar-refractivity contribution >= 4 is 32.6 Å². The molecule has 0 atom stereocenters. The van der Waals surface area contributed by atoms with Crippen LogP contribution in [0.2, 0.25) is 0 Å². The van der Waals surface area contributed by atoms with E-state index in [2.05, 4.69) is 18.0 Å². The van der Waals surface area contributed by atoms with E-state index in [1.54, 1.807) is 6.20 Å². The summed E-state index contributed by atoms with van der Waals surface area (Å²) in [5.41, 5.74) is 2.78. The summed E-state index contributed by atoms with van der Waals surface area (Å²) in [6.07, 6.45) is 3.65. The first-order chi connectivity index (χ1) is 12.5. The number of hydrogen-bond donors (Lipinski definition) is 0. The van der Waals surface area contributed by atoms with Gasteiger partial charge in [-0.3, -0.25) is 4.98 Å². The average molecular weight is 351 g/mol. The number of aryl methyl sites for hydroxylation is 2. The second kappa shape index (κ2) is 6.25. The Kier molecular flexibility index (Phi) is 4.04. The Morgan fingerprint density at radius 1 is 1.12 bits per heavy atom. The minimum Gasteiger partial charge on any atom is -0.492 e. The third-order valence-electron chi connectivity index (χ3n) is 4.97. The fourth-order valence-electron chi connectivity index (χ4n) is 3.72. The molecule has 134 valence electrons. The highest BCUT2D eigenvalue weighted by Crippen LogP contribution is 2.37. The van der Waals surface area contributed by atoms with Gasteiger partial charge in [0.05, 0.1) is 11.0 Å². The standard InChI is InChI=1S/C21H22FN3O/c1-13-16-5-6-23-12-14(16)9-17-18-10-15(26-8-7-24(2)3)11-19(22)21(18)25(4)20(13)17/h5-6,9-12H,7-8H2,1-4H3. The Morgan fingerprint density at radius 3 is 2.65 bits per heavy atom. The van der Waals surface area contributed by atoms with Gasteiger partial charge in [0.2, 0.25) is 0 Å². The summed E-state index contributed by atoms with van der Waals surface area (Å²) in [7, 11) is 5.89. The van der Waals surface area contributed by atoms with E-state index < -0.39 is 0 Å². The molecule has 0 N–H and O–H groups in total. The number of rotatable bonds is 4. The minimum absolute atomic E-state index is 0.261. The van der Waals surface area contributed by atoms with Crippen LogP contribution in [0.3, 0.4) is 0 Å². The van der Waals surface area contributed by atoms with Gasteiger partial charge in [0.1, 0.15) is 12.4 Å². The van der Waals surface area contributed by atoms with Crippen LogP contribution in [0.4, 0.5) is 4.39 Å². The number of benzene rings is 2. The maximum absolute atomic E-state index is 14.9. The van der Waals surface area contributed by atoms with Crippen LogP contribution in [0.15, 0.2) is 36.7 Å². The SMILES string of the molecule is Cc1c2ccncc2cc2c3cc(OCCN(C)C)cc(F)c3n(C)c12. The smallest absolute Gasteiger partial charge is 0.151 e. The third kappa shape index (κ3) is 2.59. The van der Waals surface area contributed by atoms with Crippen LogP contribution < -0.4 is 4.74 Å². The number of aromatic nitrogens is 2. The van der Waals surface area contributed by atoms with Gasteiger partial charge in [-0.2, -0.15) is 0 Å². The fourth-order valence-corrected chi connectivity index (χ4v) is 3.72. The van der Waals surface area contributed by atoms with E-state index in [9.17, 15) is 4.39 Å². The normalized spacial score (nSPS) is 11.9. The molecule has 0 aliphatic rings. The predicted molar refractivity (Wildman–Crippen MR) is 104 cm³/mol. The van der Waals surface area contributed by atoms with Gasteiger partial charge in [0.15, 0.2) is 5.82 Å². The van der Waals surface area contributed by atoms with E-state index >= 15 is 0 Å². The molecule has 2 aromatic heterocycles. The lowest BCUT2D eigenvalue weighted by Crippen LogP contribution is -2.19. The molecule has 0 aliphatic heterocycles. The van der Waals surface area contributed by atoms with Gasteiger partial charge in [0.25, 0.3) is 0 Å². The van der Waals surface area contributed by atoms with Crippen LogP contribution in [0.1, 0.15) is 5.56 Å². The van der Waals surface area contributed by atoms with Gasteiger partial charge in [-0.05, 0) is 50.2 Å². The number of ether oxygens (including phenoxy) is 1. The van der Waals surface area contributed by atoms with Crippen molar-refractivity contribution in [2.24, 2.45) is 7.05 Å². The summed E-state index contributed by atoms with van der Waals surface area (Å²) in [6.45, 7) is 3.38. The fraction of sp³-hybridized carbons (Fsp3) is 0.286. The van der Waals surface area contributed by atoms with Gasteiger partial charge < -0.3 is 14.2 Å². The van der Waals surface area contributed by atoms with Crippen molar-refractivity contribution in [2.75, 3.05) is 27.2 Å². The maximum Gasteiger partial charge on any atom is 0.151 e. The van der Waals surface area contributed by atoms with Gasteiger partial charge in [-0.1, -0.05) is 0 Å². The zero-order chi connectivity index (χ0) is 18.4. The monoisotopic (exact) mass is 351 g/mol. The molecule has 0 amide bonds. The Hall–Kier alpha value is -2.66. The van der Waals surface area contributed by atoms with Crippen LogP contribution in [0, 0.1) is 12.7 Å². The molecule has 0 saturated carbocycles. The number of fused-ring (bicyclic) bond motifs is 4. The predicted octanol–water partition coefficient (Wildman–Crippen LogP) is 4.27. The summed E-state index contributed by atoms with van der Waals surface area (Å²) >= 11 is 0. The van der Waals surface area contributed by atoms with E-state index in [1.165, 1.54) is 6.07 Å². The van der Waals surface area contributed by atoms with E-state index in [0.717, 1.165) is 39.2 Å². The zero-order valence-electron chi connectivity index (χ0n) is 15.5. The lowest BCUT2D eigenvalue weighted by Gasteiger charge is -2.11. The second-order valence-corrected chi connectivity index (χ2v) is 7.01. The van der Waals surface area contributed by atoms with E-state index in [1.807, 2.05) is 48.9 Å². The van der Waals surface area contributed by atoms with Gasteiger partial charge >= 0.3 is 0 Å². The molecule has 0 spiro atoms. The van der Waals surface area contributed by atoms with E-state index in [4.69, 9.17) is 4.74 Å². The Balaban J connectivity index is 1.96. The molecule has 0 radical (unpaired) electrons. The largest absolute Gasteiger partial charge is 0.492 e. The highest BCUT2D eigenvalue weighted by Gasteiger charge is 2.17. The van der Waals surface area contributed by atoms with Crippen LogP contribution in [-0.4, -0.2) is 41.7 Å². The number of pyridine rings is 1. The van der Waals surface area contributed by atoms with Gasteiger partial charge in [0, 0.05) is 48.2 Å². The van der Waals surface area contributed by atoms with E-state index in [0.29, 0.717) is 17.9 Å². The summed E-state index contributed by atoms with van der Waals surface area (Å²) in [5, 5.41) is 4.10. The Morgan fingerprint density at radius 2 is 1.88 bits per heavy atom. The maximum atomic E-state index is 14.9. The molecule has 4 nitrogen and oxygen atoms in total. The van der Waals surface area contributed by atoms with Crippen molar-refractivity contribution in [1.29, 1.82) is 0 Å². The minimum atomic E-state index is -0.261.